The van der Waals surface area contributed by atoms with Crippen LogP contribution in [0.4, 0.5) is 0 Å². The quantitative estimate of drug-likeness (QED) is 0.206. The van der Waals surface area contributed by atoms with Crippen LogP contribution in [0.15, 0.2) is 0 Å². The molecule has 12 heteroatoms. The molecule has 0 radical (unpaired) electrons. The van der Waals surface area contributed by atoms with E-state index in [1.807, 2.05) is 34.6 Å². The molecule has 198 valence electrons. The number of hydrogen-bond acceptors (Lipinski definition) is 7. The molecule has 0 aromatic heterocycles. The third-order valence-electron chi connectivity index (χ3n) is 4.45. The van der Waals surface area contributed by atoms with Gasteiger partial charge in [0.25, 0.3) is 0 Å². The second-order valence-electron chi connectivity index (χ2n) is 8.06. The van der Waals surface area contributed by atoms with Crippen molar-refractivity contribution in [3.05, 3.63) is 0 Å². The van der Waals surface area contributed by atoms with E-state index in [1.54, 1.807) is 16.7 Å². The molecule has 1 unspecified atom stereocenters. The van der Waals surface area contributed by atoms with Crippen molar-refractivity contribution in [1.82, 2.24) is 20.9 Å². The topological polar surface area (TPSA) is 117 Å². The van der Waals surface area contributed by atoms with Crippen LogP contribution in [0.1, 0.15) is 47.5 Å². The standard InChI is InChI=1S/C22H42N4O5S3/c1-6-31-14-11-25-19(27)7-8-22(30)26(12-9-23-20(28)15-33-17(2)3)13-10-24-21(29)16-34(32)18(4)5/h17-18H,6-16H2,1-5H3,(H,23,28)(H,24,29)(H,25,27). The van der Waals surface area contributed by atoms with Crippen LogP contribution in [0, 0.1) is 0 Å². The highest BCUT2D eigenvalue weighted by Crippen LogP contribution is 2.07. The molecule has 0 heterocycles. The normalized spacial score (nSPS) is 11.9. The van der Waals surface area contributed by atoms with E-state index in [-0.39, 0.29) is 54.0 Å². The fourth-order valence-electron chi connectivity index (χ4n) is 2.54. The molecule has 4 amide bonds. The van der Waals surface area contributed by atoms with Crippen molar-refractivity contribution >= 4 is 56.0 Å². The Morgan fingerprint density at radius 2 is 1.50 bits per heavy atom. The number of rotatable bonds is 19. The molecule has 0 aromatic rings. The van der Waals surface area contributed by atoms with Gasteiger partial charge in [-0.2, -0.15) is 0 Å². The summed E-state index contributed by atoms with van der Waals surface area (Å²) in [5.41, 5.74) is 0. The number of carbonyl (C=O) groups is 4. The van der Waals surface area contributed by atoms with Crippen molar-refractivity contribution in [3.8, 4) is 0 Å². The molecule has 0 saturated carbocycles. The predicted molar refractivity (Wildman–Crippen MR) is 144 cm³/mol. The van der Waals surface area contributed by atoms with Crippen molar-refractivity contribution < 1.29 is 23.9 Å². The lowest BCUT2D eigenvalue weighted by Crippen LogP contribution is -2.44. The fourth-order valence-corrected chi connectivity index (χ4v) is 4.14. The third kappa shape index (κ3) is 18.1. The van der Waals surface area contributed by atoms with Crippen LogP contribution < -0.4 is 16.0 Å². The lowest BCUT2D eigenvalue weighted by molar-refractivity contribution is -0.134. The fraction of sp³-hybridized carbons (Fsp3) is 0.818. The minimum Gasteiger partial charge on any atom is -0.380 e. The van der Waals surface area contributed by atoms with Gasteiger partial charge < -0.3 is 25.6 Å². The molecular formula is C22H42N4O5S3. The van der Waals surface area contributed by atoms with E-state index in [0.717, 1.165) is 0 Å². The molecule has 0 aliphatic rings. The molecule has 3 N–H and O–H groups in total. The Morgan fingerprint density at radius 3 is 2.06 bits per heavy atom. The summed E-state index contributed by atoms with van der Waals surface area (Å²) in [5, 5.41) is 8.97. The number of amides is 4. The van der Waals surface area contributed by atoms with Gasteiger partial charge in [-0.15, -0.1) is 21.2 Å². The molecule has 0 saturated heterocycles. The molecule has 34 heavy (non-hydrogen) atoms. The van der Waals surface area contributed by atoms with Crippen LogP contribution in [-0.4, -0.2) is 96.5 Å². The summed E-state index contributed by atoms with van der Waals surface area (Å²) in [4.78, 5) is 50.3. The Hall–Kier alpha value is -1.24. The van der Waals surface area contributed by atoms with Crippen molar-refractivity contribution in [2.45, 2.75) is 58.0 Å². The Labute approximate surface area is 215 Å². The van der Waals surface area contributed by atoms with E-state index >= 15 is 0 Å². The highest BCUT2D eigenvalue weighted by atomic mass is 32.8. The first-order valence-electron chi connectivity index (χ1n) is 11.7. The molecule has 0 bridgehead atoms. The first-order chi connectivity index (χ1) is 16.1. The van der Waals surface area contributed by atoms with Gasteiger partial charge in [0.15, 0.2) is 0 Å². The first kappa shape index (κ1) is 32.8. The zero-order valence-electron chi connectivity index (χ0n) is 21.1. The van der Waals surface area contributed by atoms with Gasteiger partial charge in [-0.1, -0.05) is 38.9 Å². The molecule has 0 spiro atoms. The minimum atomic E-state index is -0.415. The molecule has 9 nitrogen and oxygen atoms in total. The largest absolute Gasteiger partial charge is 0.380 e. The average Bonchev–Trinajstić information content (AvgIpc) is 2.77. The number of thioether (sulfide) groups is 1. The number of hydrogen-bond donors (Lipinski definition) is 3. The summed E-state index contributed by atoms with van der Waals surface area (Å²) in [6, 6.07) is 0. The zero-order valence-corrected chi connectivity index (χ0v) is 23.6. The maximum absolute atomic E-state index is 12.7. The predicted octanol–water partition coefficient (Wildman–Crippen LogP) is 0.611. The monoisotopic (exact) mass is 538 g/mol. The molecule has 0 aliphatic heterocycles. The summed E-state index contributed by atoms with van der Waals surface area (Å²) in [7, 11) is -0.415. The average molecular weight is 539 g/mol. The molecule has 0 aromatic carbocycles. The lowest BCUT2D eigenvalue weighted by atomic mass is 10.2. The Kier molecular flexibility index (Phi) is 19.3. The minimum absolute atomic E-state index is 0.0501. The molecular weight excluding hydrogens is 496 g/mol. The maximum Gasteiger partial charge on any atom is 0.230 e. The van der Waals surface area contributed by atoms with Crippen molar-refractivity contribution in [1.29, 1.82) is 0 Å². The molecule has 1 atom stereocenters. The molecule has 0 rings (SSSR count). The summed E-state index contributed by atoms with van der Waals surface area (Å²) in [5.74, 6) is 0.0117. The summed E-state index contributed by atoms with van der Waals surface area (Å²) in [6.07, 6.45) is 0.118. The van der Waals surface area contributed by atoms with Gasteiger partial charge in [0.05, 0.1) is 18.1 Å². The van der Waals surface area contributed by atoms with Crippen LogP contribution in [-0.2, 0) is 44.6 Å². The van der Waals surface area contributed by atoms with Crippen molar-refractivity contribution in [2.24, 2.45) is 0 Å². The van der Waals surface area contributed by atoms with Crippen LogP contribution >= 0.6 is 11.8 Å². The number of carbonyl (C=O) groups excluding carboxylic acids is 4. The zero-order chi connectivity index (χ0) is 25.9. The number of nitrogens with one attached hydrogen (secondary N) is 3. The molecule has 0 aliphatic carbocycles. The molecule has 0 fully saturated rings. The summed E-state index contributed by atoms with van der Waals surface area (Å²) in [6.45, 7) is 12.5. The lowest BCUT2D eigenvalue weighted by Gasteiger charge is -2.23. The maximum atomic E-state index is 12.7. The van der Waals surface area contributed by atoms with Gasteiger partial charge in [-0.3, -0.25) is 19.2 Å². The van der Waals surface area contributed by atoms with Crippen molar-refractivity contribution in [3.63, 3.8) is 0 Å². The van der Waals surface area contributed by atoms with E-state index in [4.69, 9.17) is 15.9 Å². The van der Waals surface area contributed by atoms with Crippen LogP contribution in [0.25, 0.3) is 0 Å². The second-order valence-corrected chi connectivity index (χ2v) is 12.9. The first-order valence-corrected chi connectivity index (χ1v) is 15.1. The highest BCUT2D eigenvalue weighted by Gasteiger charge is 2.16. The van der Waals surface area contributed by atoms with Crippen LogP contribution in [0.5, 0.6) is 0 Å². The number of nitrogens with zero attached hydrogens (tertiary/aromatic N) is 1. The van der Waals surface area contributed by atoms with E-state index in [1.165, 1.54) is 0 Å². The SMILES string of the molecule is CCOCCNC(=O)CCC(=O)N(CCNC(=O)CSC(C)C)CCNC(=O)CS(=S)C(C)C. The van der Waals surface area contributed by atoms with E-state index in [9.17, 15) is 19.2 Å². The highest BCUT2D eigenvalue weighted by molar-refractivity contribution is 8.29. The Balaban J connectivity index is 4.64. The van der Waals surface area contributed by atoms with Crippen molar-refractivity contribution in [2.75, 3.05) is 57.4 Å². The summed E-state index contributed by atoms with van der Waals surface area (Å²) < 4.78 is 5.18. The van der Waals surface area contributed by atoms with Gasteiger partial charge in [0.2, 0.25) is 23.6 Å². The van der Waals surface area contributed by atoms with Gasteiger partial charge in [0, 0.05) is 57.4 Å². The Morgan fingerprint density at radius 1 is 0.912 bits per heavy atom. The van der Waals surface area contributed by atoms with E-state index in [2.05, 4.69) is 16.0 Å². The van der Waals surface area contributed by atoms with Crippen LogP contribution in [0.3, 0.4) is 0 Å². The summed E-state index contributed by atoms with van der Waals surface area (Å²) >= 11 is 6.87. The second kappa shape index (κ2) is 20.0. The van der Waals surface area contributed by atoms with Gasteiger partial charge in [-0.05, 0) is 12.2 Å². The van der Waals surface area contributed by atoms with Gasteiger partial charge in [-0.25, -0.2) is 0 Å². The van der Waals surface area contributed by atoms with Gasteiger partial charge in [0.1, 0.15) is 0 Å². The van der Waals surface area contributed by atoms with E-state index < -0.39 is 9.45 Å². The Bertz CT molecular complexity index is 662. The van der Waals surface area contributed by atoms with Gasteiger partial charge >= 0.3 is 0 Å². The van der Waals surface area contributed by atoms with E-state index in [0.29, 0.717) is 50.4 Å². The van der Waals surface area contributed by atoms with Crippen LogP contribution in [0.2, 0.25) is 0 Å². The smallest absolute Gasteiger partial charge is 0.230 e. The third-order valence-corrected chi connectivity index (χ3v) is 8.65. The number of ether oxygens (including phenoxy) is 1.